The summed E-state index contributed by atoms with van der Waals surface area (Å²) in [6.45, 7) is 2.02. The molecule has 2 aromatic carbocycles. The zero-order valence-corrected chi connectivity index (χ0v) is 14.6. The Bertz CT molecular complexity index is 993. The number of nitriles is 1. The van der Waals surface area contributed by atoms with E-state index in [1.807, 2.05) is 73.8 Å². The van der Waals surface area contributed by atoms with Gasteiger partial charge in [-0.15, -0.1) is 0 Å². The summed E-state index contributed by atoms with van der Waals surface area (Å²) < 4.78 is 1.75. The van der Waals surface area contributed by atoms with Crippen molar-refractivity contribution in [1.82, 2.24) is 15.1 Å². The molecule has 1 aromatic heterocycles. The number of aryl methyl sites for hydroxylation is 1. The van der Waals surface area contributed by atoms with Gasteiger partial charge in [0.2, 0.25) is 0 Å². The first-order valence-electron chi connectivity index (χ1n) is 8.18. The van der Waals surface area contributed by atoms with Gasteiger partial charge in [-0.1, -0.05) is 48.0 Å². The maximum Gasteiger partial charge on any atom is 0.261 e. The van der Waals surface area contributed by atoms with E-state index in [0.717, 1.165) is 16.8 Å². The fraction of sp³-hybridized carbons (Fsp3) is 0.0952. The zero-order chi connectivity index (χ0) is 18.5. The lowest BCUT2D eigenvalue weighted by atomic mass is 10.0. The number of carbonyl (C=O) groups is 1. The average molecular weight is 342 g/mol. The van der Waals surface area contributed by atoms with Gasteiger partial charge in [0.05, 0.1) is 11.4 Å². The molecule has 3 aromatic rings. The minimum absolute atomic E-state index is 0.0356. The van der Waals surface area contributed by atoms with Crippen LogP contribution in [0.4, 0.5) is 0 Å². The van der Waals surface area contributed by atoms with Crippen LogP contribution < -0.4 is 5.32 Å². The third kappa shape index (κ3) is 3.55. The van der Waals surface area contributed by atoms with Gasteiger partial charge in [0, 0.05) is 24.4 Å². The molecule has 5 nitrogen and oxygen atoms in total. The Morgan fingerprint density at radius 2 is 1.85 bits per heavy atom. The SMILES string of the molecule is CNC(=O)C(C#N)=Cc1cn(-c2ccccc2)nc1-c1ccc(C)cc1. The maximum absolute atomic E-state index is 11.9. The number of likely N-dealkylation sites (N-methyl/N-ethyl adjacent to an activating group) is 1. The van der Waals surface area contributed by atoms with E-state index < -0.39 is 5.91 Å². The molecule has 0 saturated carbocycles. The number of amides is 1. The second-order valence-electron chi connectivity index (χ2n) is 5.83. The normalized spacial score (nSPS) is 11.0. The Hall–Kier alpha value is -3.65. The van der Waals surface area contributed by atoms with Gasteiger partial charge in [-0.25, -0.2) is 4.68 Å². The number of nitrogens with one attached hydrogen (secondary N) is 1. The molecule has 128 valence electrons. The summed E-state index contributed by atoms with van der Waals surface area (Å²) in [6, 6.07) is 19.6. The molecule has 5 heteroatoms. The standard InChI is InChI=1S/C21H18N4O/c1-15-8-10-16(11-9-15)20-18(12-17(13-22)21(26)23-2)14-25(24-20)19-6-4-3-5-7-19/h3-12,14H,1-2H3,(H,23,26). The lowest BCUT2D eigenvalue weighted by Crippen LogP contribution is -2.19. The number of rotatable bonds is 4. The van der Waals surface area contributed by atoms with Crippen molar-refractivity contribution in [1.29, 1.82) is 5.26 Å². The van der Waals surface area contributed by atoms with Crippen LogP contribution in [-0.4, -0.2) is 22.7 Å². The van der Waals surface area contributed by atoms with Crippen LogP contribution in [0.25, 0.3) is 23.0 Å². The fourth-order valence-corrected chi connectivity index (χ4v) is 2.58. The molecule has 1 heterocycles. The molecule has 0 aliphatic carbocycles. The average Bonchev–Trinajstić information content (AvgIpc) is 3.10. The van der Waals surface area contributed by atoms with Gasteiger partial charge in [-0.2, -0.15) is 10.4 Å². The van der Waals surface area contributed by atoms with Crippen molar-refractivity contribution in [2.45, 2.75) is 6.92 Å². The van der Waals surface area contributed by atoms with Crippen molar-refractivity contribution in [3.63, 3.8) is 0 Å². The van der Waals surface area contributed by atoms with Gasteiger partial charge in [-0.05, 0) is 25.1 Å². The molecule has 0 fully saturated rings. The van der Waals surface area contributed by atoms with Gasteiger partial charge in [0.15, 0.2) is 0 Å². The van der Waals surface area contributed by atoms with E-state index in [-0.39, 0.29) is 5.57 Å². The second kappa shape index (κ2) is 7.49. The van der Waals surface area contributed by atoms with Crippen LogP contribution in [0, 0.1) is 18.3 Å². The Balaban J connectivity index is 2.16. The highest BCUT2D eigenvalue weighted by atomic mass is 16.1. The highest BCUT2D eigenvalue weighted by molar-refractivity contribution is 6.02. The molecule has 0 aliphatic heterocycles. The third-order valence-corrected chi connectivity index (χ3v) is 3.98. The quantitative estimate of drug-likeness (QED) is 0.583. The van der Waals surface area contributed by atoms with E-state index in [1.165, 1.54) is 7.05 Å². The summed E-state index contributed by atoms with van der Waals surface area (Å²) in [7, 11) is 1.50. The monoisotopic (exact) mass is 342 g/mol. The van der Waals surface area contributed by atoms with Gasteiger partial charge in [-0.3, -0.25) is 4.79 Å². The topological polar surface area (TPSA) is 70.7 Å². The molecule has 0 unspecified atom stereocenters. The van der Waals surface area contributed by atoms with Crippen LogP contribution in [0.2, 0.25) is 0 Å². The van der Waals surface area contributed by atoms with Crippen molar-refractivity contribution in [2.24, 2.45) is 0 Å². The Kier molecular flexibility index (Phi) is 4.95. The highest BCUT2D eigenvalue weighted by Crippen LogP contribution is 2.26. The predicted octanol–water partition coefficient (Wildman–Crippen LogP) is 3.50. The predicted molar refractivity (Wildman–Crippen MR) is 101 cm³/mol. The summed E-state index contributed by atoms with van der Waals surface area (Å²) in [6.07, 6.45) is 3.39. The molecule has 0 spiro atoms. The maximum atomic E-state index is 11.9. The smallest absolute Gasteiger partial charge is 0.261 e. The van der Waals surface area contributed by atoms with E-state index in [2.05, 4.69) is 10.4 Å². The summed E-state index contributed by atoms with van der Waals surface area (Å²) in [4.78, 5) is 11.9. The first kappa shape index (κ1) is 17.2. The number of para-hydroxylation sites is 1. The number of benzene rings is 2. The number of hydrogen-bond donors (Lipinski definition) is 1. The first-order chi connectivity index (χ1) is 12.6. The van der Waals surface area contributed by atoms with E-state index >= 15 is 0 Å². The molecular weight excluding hydrogens is 324 g/mol. The molecule has 0 bridgehead atoms. The molecule has 1 amide bonds. The third-order valence-electron chi connectivity index (χ3n) is 3.98. The summed E-state index contributed by atoms with van der Waals surface area (Å²) in [5, 5.41) is 16.5. The molecule has 1 N–H and O–H groups in total. The minimum atomic E-state index is -0.421. The molecule has 0 atom stereocenters. The Morgan fingerprint density at radius 1 is 1.15 bits per heavy atom. The Morgan fingerprint density at radius 3 is 2.46 bits per heavy atom. The van der Waals surface area contributed by atoms with Crippen LogP contribution in [-0.2, 0) is 4.79 Å². The van der Waals surface area contributed by atoms with E-state index in [9.17, 15) is 10.1 Å². The van der Waals surface area contributed by atoms with Gasteiger partial charge in [0.25, 0.3) is 5.91 Å². The van der Waals surface area contributed by atoms with E-state index in [0.29, 0.717) is 11.3 Å². The van der Waals surface area contributed by atoms with Gasteiger partial charge >= 0.3 is 0 Å². The lowest BCUT2D eigenvalue weighted by molar-refractivity contribution is -0.116. The largest absolute Gasteiger partial charge is 0.354 e. The molecule has 0 aliphatic rings. The van der Waals surface area contributed by atoms with Crippen LogP contribution in [0.5, 0.6) is 0 Å². The molecule has 0 saturated heterocycles. The fourth-order valence-electron chi connectivity index (χ4n) is 2.58. The number of aromatic nitrogens is 2. The van der Waals surface area contributed by atoms with Crippen molar-refractivity contribution >= 4 is 12.0 Å². The summed E-state index contributed by atoms with van der Waals surface area (Å²) in [5.74, 6) is -0.421. The van der Waals surface area contributed by atoms with Crippen LogP contribution >= 0.6 is 0 Å². The second-order valence-corrected chi connectivity index (χ2v) is 5.83. The van der Waals surface area contributed by atoms with E-state index in [1.54, 1.807) is 10.8 Å². The first-order valence-corrected chi connectivity index (χ1v) is 8.18. The van der Waals surface area contributed by atoms with Gasteiger partial charge < -0.3 is 5.32 Å². The summed E-state index contributed by atoms with van der Waals surface area (Å²) >= 11 is 0. The number of carbonyl (C=O) groups excluding carboxylic acids is 1. The van der Waals surface area contributed by atoms with Crippen molar-refractivity contribution < 1.29 is 4.79 Å². The molecule has 3 rings (SSSR count). The van der Waals surface area contributed by atoms with Crippen LogP contribution in [0.15, 0.2) is 66.4 Å². The van der Waals surface area contributed by atoms with E-state index in [4.69, 9.17) is 0 Å². The van der Waals surface area contributed by atoms with Crippen molar-refractivity contribution in [3.8, 4) is 23.0 Å². The molecular formula is C21H18N4O. The van der Waals surface area contributed by atoms with Crippen molar-refractivity contribution in [2.75, 3.05) is 7.05 Å². The Labute approximate surface area is 152 Å². The molecule has 0 radical (unpaired) electrons. The van der Waals surface area contributed by atoms with Crippen molar-refractivity contribution in [3.05, 3.63) is 77.5 Å². The highest BCUT2D eigenvalue weighted by Gasteiger charge is 2.14. The number of hydrogen-bond acceptors (Lipinski definition) is 3. The zero-order valence-electron chi connectivity index (χ0n) is 14.6. The van der Waals surface area contributed by atoms with Gasteiger partial charge in [0.1, 0.15) is 11.6 Å². The minimum Gasteiger partial charge on any atom is -0.354 e. The lowest BCUT2D eigenvalue weighted by Gasteiger charge is -2.01. The molecule has 26 heavy (non-hydrogen) atoms. The summed E-state index contributed by atoms with van der Waals surface area (Å²) in [5.41, 5.74) is 4.43. The number of nitrogens with zero attached hydrogens (tertiary/aromatic N) is 3. The van der Waals surface area contributed by atoms with Crippen LogP contribution in [0.1, 0.15) is 11.1 Å². The van der Waals surface area contributed by atoms with Crippen LogP contribution in [0.3, 0.4) is 0 Å².